The number of ether oxygens (including phenoxy) is 2. The fraction of sp³-hybridized carbons (Fsp3) is 0.200. The molecule has 0 aliphatic rings. The molecule has 0 aliphatic carbocycles. The van der Waals surface area contributed by atoms with Crippen molar-refractivity contribution in [2.75, 3.05) is 7.11 Å². The molecule has 0 atom stereocenters. The maximum absolute atomic E-state index is 12.8. The normalized spacial score (nSPS) is 10.7. The first-order valence-electron chi connectivity index (χ1n) is 8.27. The van der Waals surface area contributed by atoms with E-state index in [1.54, 1.807) is 12.1 Å². The highest BCUT2D eigenvalue weighted by molar-refractivity contribution is 5.98. The molecule has 0 saturated heterocycles. The van der Waals surface area contributed by atoms with Crippen molar-refractivity contribution in [1.29, 1.82) is 0 Å². The van der Waals surface area contributed by atoms with Crippen molar-refractivity contribution >= 4 is 17.9 Å². The van der Waals surface area contributed by atoms with E-state index < -0.39 is 11.8 Å². The average Bonchev–Trinajstić information content (AvgIpc) is 2.65. The van der Waals surface area contributed by atoms with E-state index in [-0.39, 0.29) is 11.9 Å². The first kappa shape index (κ1) is 20.0. The summed E-state index contributed by atoms with van der Waals surface area (Å²) in [5, 5.41) is 0. The fourth-order valence-electron chi connectivity index (χ4n) is 2.14. The largest absolute Gasteiger partial charge is 0.493 e. The molecule has 2 aromatic carbocycles. The molecule has 0 bridgehead atoms. The predicted octanol–water partition coefficient (Wildman–Crippen LogP) is 3.10. The minimum absolute atomic E-state index is 0.0363. The van der Waals surface area contributed by atoms with Gasteiger partial charge in [0, 0.05) is 11.6 Å². The number of halogens is 1. The minimum atomic E-state index is -0.528. The molecular weight excluding hydrogens is 351 g/mol. The smallest absolute Gasteiger partial charge is 0.269 e. The summed E-state index contributed by atoms with van der Waals surface area (Å²) >= 11 is 0. The quantitative estimate of drug-likeness (QED) is 0.603. The van der Waals surface area contributed by atoms with Crippen LogP contribution < -0.4 is 20.3 Å². The van der Waals surface area contributed by atoms with Crippen molar-refractivity contribution in [1.82, 2.24) is 10.9 Å². The van der Waals surface area contributed by atoms with Gasteiger partial charge in [0.25, 0.3) is 11.8 Å². The van der Waals surface area contributed by atoms with Gasteiger partial charge in [-0.3, -0.25) is 20.4 Å². The van der Waals surface area contributed by atoms with Gasteiger partial charge in [-0.05, 0) is 55.8 Å². The van der Waals surface area contributed by atoms with Crippen LogP contribution in [0, 0.1) is 5.82 Å². The SMILES string of the molecule is COc1cc(C(=O)NNC(=O)/C=C/c2ccc(F)cc2)ccc1OC(C)C. The molecule has 0 unspecified atom stereocenters. The monoisotopic (exact) mass is 372 g/mol. The number of nitrogens with one attached hydrogen (secondary N) is 2. The molecule has 0 aliphatic heterocycles. The zero-order valence-corrected chi connectivity index (χ0v) is 15.3. The lowest BCUT2D eigenvalue weighted by molar-refractivity contribution is -0.117. The highest BCUT2D eigenvalue weighted by Gasteiger charge is 2.12. The topological polar surface area (TPSA) is 76.7 Å². The summed E-state index contributed by atoms with van der Waals surface area (Å²) in [5.74, 6) is -0.453. The van der Waals surface area contributed by atoms with Gasteiger partial charge in [0.05, 0.1) is 13.2 Å². The van der Waals surface area contributed by atoms with Gasteiger partial charge in [0.15, 0.2) is 11.5 Å². The van der Waals surface area contributed by atoms with Crippen LogP contribution in [0.15, 0.2) is 48.5 Å². The number of benzene rings is 2. The van der Waals surface area contributed by atoms with Gasteiger partial charge in [-0.2, -0.15) is 0 Å². The van der Waals surface area contributed by atoms with Crippen molar-refractivity contribution in [3.05, 3.63) is 65.5 Å². The highest BCUT2D eigenvalue weighted by Crippen LogP contribution is 2.28. The van der Waals surface area contributed by atoms with Crippen molar-refractivity contribution in [2.45, 2.75) is 20.0 Å². The second kappa shape index (κ2) is 9.38. The molecule has 0 heterocycles. The van der Waals surface area contributed by atoms with E-state index in [4.69, 9.17) is 9.47 Å². The zero-order chi connectivity index (χ0) is 19.8. The van der Waals surface area contributed by atoms with Crippen molar-refractivity contribution in [2.24, 2.45) is 0 Å². The molecule has 0 aromatic heterocycles. The number of amides is 2. The van der Waals surface area contributed by atoms with E-state index in [1.807, 2.05) is 13.8 Å². The standard InChI is InChI=1S/C20H21FN2O4/c1-13(2)27-17-10-7-15(12-18(17)26-3)20(25)23-22-19(24)11-6-14-4-8-16(21)9-5-14/h4-13H,1-3H3,(H,22,24)(H,23,25)/b11-6+. The summed E-state index contributed by atoms with van der Waals surface area (Å²) in [5.41, 5.74) is 5.54. The van der Waals surface area contributed by atoms with Gasteiger partial charge in [-0.25, -0.2) is 4.39 Å². The second-order valence-corrected chi connectivity index (χ2v) is 5.86. The highest BCUT2D eigenvalue weighted by atomic mass is 19.1. The third-order valence-electron chi connectivity index (χ3n) is 3.38. The van der Waals surface area contributed by atoms with E-state index in [1.165, 1.54) is 49.6 Å². The van der Waals surface area contributed by atoms with E-state index in [2.05, 4.69) is 10.9 Å². The molecule has 27 heavy (non-hydrogen) atoms. The zero-order valence-electron chi connectivity index (χ0n) is 15.3. The Hall–Kier alpha value is -3.35. The summed E-state index contributed by atoms with van der Waals surface area (Å²) in [7, 11) is 1.48. The van der Waals surface area contributed by atoms with Crippen LogP contribution >= 0.6 is 0 Å². The third-order valence-corrected chi connectivity index (χ3v) is 3.38. The molecular formula is C20H21FN2O4. The lowest BCUT2D eigenvalue weighted by Crippen LogP contribution is -2.40. The maximum atomic E-state index is 12.8. The predicted molar refractivity (Wildman–Crippen MR) is 99.8 cm³/mol. The number of methoxy groups -OCH3 is 1. The first-order valence-corrected chi connectivity index (χ1v) is 8.27. The van der Waals surface area contributed by atoms with Gasteiger partial charge in [-0.1, -0.05) is 12.1 Å². The molecule has 0 spiro atoms. The molecule has 2 amide bonds. The maximum Gasteiger partial charge on any atom is 0.269 e. The number of hydrazine groups is 1. The molecule has 2 rings (SSSR count). The third kappa shape index (κ3) is 6.14. The Morgan fingerprint density at radius 3 is 2.37 bits per heavy atom. The number of carbonyl (C=O) groups excluding carboxylic acids is 2. The Labute approximate surface area is 157 Å². The molecule has 142 valence electrons. The average molecular weight is 372 g/mol. The second-order valence-electron chi connectivity index (χ2n) is 5.86. The van der Waals surface area contributed by atoms with E-state index in [9.17, 15) is 14.0 Å². The van der Waals surface area contributed by atoms with Crippen LogP contribution in [0.4, 0.5) is 4.39 Å². The summed E-state index contributed by atoms with van der Waals surface area (Å²) in [6.45, 7) is 3.77. The Morgan fingerprint density at radius 2 is 1.74 bits per heavy atom. The molecule has 7 heteroatoms. The van der Waals surface area contributed by atoms with Crippen LogP contribution in [0.3, 0.4) is 0 Å². The van der Waals surface area contributed by atoms with Crippen LogP contribution in [0.25, 0.3) is 6.08 Å². The van der Waals surface area contributed by atoms with Crippen LogP contribution in [0.1, 0.15) is 29.8 Å². The summed E-state index contributed by atoms with van der Waals surface area (Å²) in [6, 6.07) is 10.4. The van der Waals surface area contributed by atoms with Crippen molar-refractivity contribution < 1.29 is 23.5 Å². The Balaban J connectivity index is 1.94. The lowest BCUT2D eigenvalue weighted by Gasteiger charge is -2.14. The molecule has 0 radical (unpaired) electrons. The Morgan fingerprint density at radius 1 is 1.04 bits per heavy atom. The van der Waals surface area contributed by atoms with Gasteiger partial charge in [0.2, 0.25) is 0 Å². The van der Waals surface area contributed by atoms with Crippen molar-refractivity contribution in [3.63, 3.8) is 0 Å². The molecule has 0 fully saturated rings. The number of hydrogen-bond donors (Lipinski definition) is 2. The van der Waals surface area contributed by atoms with Gasteiger partial charge < -0.3 is 9.47 Å². The minimum Gasteiger partial charge on any atom is -0.493 e. The van der Waals surface area contributed by atoms with Crippen LogP contribution in [-0.2, 0) is 4.79 Å². The number of carbonyl (C=O) groups is 2. The lowest BCUT2D eigenvalue weighted by atomic mass is 10.2. The van der Waals surface area contributed by atoms with Crippen molar-refractivity contribution in [3.8, 4) is 11.5 Å². The Kier molecular flexibility index (Phi) is 6.93. The number of rotatable bonds is 6. The summed E-state index contributed by atoms with van der Waals surface area (Å²) in [4.78, 5) is 24.0. The van der Waals surface area contributed by atoms with Crippen LogP contribution in [0.5, 0.6) is 11.5 Å². The Bertz CT molecular complexity index is 832. The number of hydrogen-bond acceptors (Lipinski definition) is 4. The van der Waals surface area contributed by atoms with Gasteiger partial charge >= 0.3 is 0 Å². The van der Waals surface area contributed by atoms with Crippen LogP contribution in [0.2, 0.25) is 0 Å². The first-order chi connectivity index (χ1) is 12.9. The molecule has 0 saturated carbocycles. The molecule has 2 N–H and O–H groups in total. The summed E-state index contributed by atoms with van der Waals surface area (Å²) in [6.07, 6.45) is 2.70. The summed E-state index contributed by atoms with van der Waals surface area (Å²) < 4.78 is 23.6. The van der Waals surface area contributed by atoms with E-state index >= 15 is 0 Å². The van der Waals surface area contributed by atoms with Gasteiger partial charge in [0.1, 0.15) is 5.82 Å². The fourth-order valence-corrected chi connectivity index (χ4v) is 2.14. The molecule has 6 nitrogen and oxygen atoms in total. The molecule has 2 aromatic rings. The van der Waals surface area contributed by atoms with Gasteiger partial charge in [-0.15, -0.1) is 0 Å². The van der Waals surface area contributed by atoms with Crippen LogP contribution in [-0.4, -0.2) is 25.0 Å². The van der Waals surface area contributed by atoms with E-state index in [0.29, 0.717) is 22.6 Å². The van der Waals surface area contributed by atoms with E-state index in [0.717, 1.165) is 0 Å².